The van der Waals surface area contributed by atoms with E-state index in [1.807, 2.05) is 33.0 Å². The molecule has 0 saturated carbocycles. The summed E-state index contributed by atoms with van der Waals surface area (Å²) in [7, 11) is 0. The molecule has 19 heavy (non-hydrogen) atoms. The molecule has 6 heteroatoms. The fourth-order valence-electron chi connectivity index (χ4n) is 1.99. The van der Waals surface area contributed by atoms with Gasteiger partial charge in [0.1, 0.15) is 17.3 Å². The predicted octanol–water partition coefficient (Wildman–Crippen LogP) is 2.51. The molecule has 3 aromatic heterocycles. The minimum Gasteiger partial charge on any atom is -0.444 e. The summed E-state index contributed by atoms with van der Waals surface area (Å²) in [5.74, 6) is 2.22. The number of nitrogens with one attached hydrogen (secondary N) is 1. The minimum atomic E-state index is -0.0531. The van der Waals surface area contributed by atoms with E-state index >= 15 is 0 Å². The molecule has 1 atom stereocenters. The van der Waals surface area contributed by atoms with Crippen molar-refractivity contribution in [1.29, 1.82) is 0 Å². The van der Waals surface area contributed by atoms with Crippen LogP contribution in [0, 0.1) is 13.8 Å². The average molecular weight is 257 g/mol. The molecule has 0 aliphatic carbocycles. The first-order valence-corrected chi connectivity index (χ1v) is 6.13. The van der Waals surface area contributed by atoms with Crippen LogP contribution in [0.25, 0.3) is 5.52 Å². The van der Waals surface area contributed by atoms with Crippen molar-refractivity contribution in [1.82, 2.24) is 19.6 Å². The van der Waals surface area contributed by atoms with Gasteiger partial charge in [-0.3, -0.25) is 0 Å². The van der Waals surface area contributed by atoms with Crippen LogP contribution in [-0.2, 0) is 0 Å². The number of fused-ring (bicyclic) bond motifs is 1. The van der Waals surface area contributed by atoms with Crippen LogP contribution in [0.5, 0.6) is 0 Å². The lowest BCUT2D eigenvalue weighted by atomic mass is 10.3. The van der Waals surface area contributed by atoms with Crippen LogP contribution in [-0.4, -0.2) is 19.6 Å². The molecule has 0 saturated heterocycles. The lowest BCUT2D eigenvalue weighted by molar-refractivity contribution is 0.453. The molecule has 0 spiro atoms. The Balaban J connectivity index is 1.92. The normalized spacial score (nSPS) is 12.8. The van der Waals surface area contributed by atoms with Crippen molar-refractivity contribution in [2.24, 2.45) is 0 Å². The van der Waals surface area contributed by atoms with Gasteiger partial charge >= 0.3 is 0 Å². The van der Waals surface area contributed by atoms with E-state index < -0.39 is 0 Å². The number of aromatic nitrogens is 4. The molecule has 6 nitrogen and oxygen atoms in total. The van der Waals surface area contributed by atoms with Crippen molar-refractivity contribution in [2.75, 3.05) is 5.32 Å². The van der Waals surface area contributed by atoms with Gasteiger partial charge in [0.05, 0.1) is 11.9 Å². The number of oxazole rings is 1. The lowest BCUT2D eigenvalue weighted by Gasteiger charge is -2.11. The van der Waals surface area contributed by atoms with Crippen molar-refractivity contribution in [3.63, 3.8) is 0 Å². The Morgan fingerprint density at radius 1 is 1.32 bits per heavy atom. The number of nitrogens with zero attached hydrogens (tertiary/aromatic N) is 4. The van der Waals surface area contributed by atoms with E-state index in [-0.39, 0.29) is 6.04 Å². The number of anilines is 1. The minimum absolute atomic E-state index is 0.0531. The van der Waals surface area contributed by atoms with E-state index in [0.29, 0.717) is 5.89 Å². The van der Waals surface area contributed by atoms with Crippen molar-refractivity contribution < 1.29 is 4.42 Å². The first kappa shape index (κ1) is 11.7. The van der Waals surface area contributed by atoms with Crippen molar-refractivity contribution in [2.45, 2.75) is 26.8 Å². The molecule has 0 fully saturated rings. The topological polar surface area (TPSA) is 68.2 Å². The van der Waals surface area contributed by atoms with Crippen molar-refractivity contribution in [3.05, 3.63) is 42.0 Å². The standard InChI is InChI=1S/C13H15N5O/c1-8-6-11-12(14-4-5-18(11)17-8)16-10(3)13-15-7-9(2)19-13/h4-7,10H,1-3H3,(H,14,16). The Kier molecular flexibility index (Phi) is 2.70. The highest BCUT2D eigenvalue weighted by atomic mass is 16.4. The number of rotatable bonds is 3. The van der Waals surface area contributed by atoms with E-state index in [0.717, 1.165) is 22.8 Å². The third-order valence-electron chi connectivity index (χ3n) is 2.87. The summed E-state index contributed by atoms with van der Waals surface area (Å²) in [6.07, 6.45) is 5.26. The molecule has 1 unspecified atom stereocenters. The second kappa shape index (κ2) is 4.38. The summed E-state index contributed by atoms with van der Waals surface area (Å²) < 4.78 is 7.31. The monoisotopic (exact) mass is 257 g/mol. The third-order valence-corrected chi connectivity index (χ3v) is 2.87. The summed E-state index contributed by atoms with van der Waals surface area (Å²) >= 11 is 0. The summed E-state index contributed by atoms with van der Waals surface area (Å²) in [5, 5.41) is 7.66. The van der Waals surface area contributed by atoms with Crippen LogP contribution in [0.2, 0.25) is 0 Å². The van der Waals surface area contributed by atoms with Gasteiger partial charge in [0, 0.05) is 12.4 Å². The maximum Gasteiger partial charge on any atom is 0.216 e. The summed E-state index contributed by atoms with van der Waals surface area (Å²) in [6.45, 7) is 5.82. The maximum atomic E-state index is 5.51. The van der Waals surface area contributed by atoms with Gasteiger partial charge < -0.3 is 9.73 Å². The number of hydrogen-bond acceptors (Lipinski definition) is 5. The summed E-state index contributed by atoms with van der Waals surface area (Å²) in [5.41, 5.74) is 1.89. The second-order valence-electron chi connectivity index (χ2n) is 4.57. The van der Waals surface area contributed by atoms with Gasteiger partial charge in [0.15, 0.2) is 5.82 Å². The molecular weight excluding hydrogens is 242 g/mol. The van der Waals surface area contributed by atoms with Crippen molar-refractivity contribution >= 4 is 11.3 Å². The Morgan fingerprint density at radius 3 is 2.89 bits per heavy atom. The fourth-order valence-corrected chi connectivity index (χ4v) is 1.99. The van der Waals surface area contributed by atoms with Crippen LogP contribution in [0.15, 0.2) is 29.1 Å². The van der Waals surface area contributed by atoms with Gasteiger partial charge in [-0.15, -0.1) is 0 Å². The molecule has 0 aromatic carbocycles. The molecule has 0 amide bonds. The van der Waals surface area contributed by atoms with Crippen molar-refractivity contribution in [3.8, 4) is 0 Å². The Hall–Kier alpha value is -2.37. The summed E-state index contributed by atoms with van der Waals surface area (Å²) in [6, 6.07) is 1.94. The summed E-state index contributed by atoms with van der Waals surface area (Å²) in [4.78, 5) is 8.57. The van der Waals surface area contributed by atoms with Gasteiger partial charge in [-0.25, -0.2) is 14.5 Å². The quantitative estimate of drug-likeness (QED) is 0.780. The Morgan fingerprint density at radius 2 is 2.16 bits per heavy atom. The molecule has 0 bridgehead atoms. The van der Waals surface area contributed by atoms with E-state index in [1.165, 1.54) is 0 Å². The smallest absolute Gasteiger partial charge is 0.216 e. The highest BCUT2D eigenvalue weighted by Crippen LogP contribution is 2.21. The maximum absolute atomic E-state index is 5.51. The average Bonchev–Trinajstić information content (AvgIpc) is 2.95. The van der Waals surface area contributed by atoms with Crippen LogP contribution in [0.3, 0.4) is 0 Å². The highest BCUT2D eigenvalue weighted by molar-refractivity contribution is 5.68. The zero-order valence-electron chi connectivity index (χ0n) is 11.1. The predicted molar refractivity (Wildman–Crippen MR) is 71.0 cm³/mol. The largest absolute Gasteiger partial charge is 0.444 e. The zero-order chi connectivity index (χ0) is 13.4. The molecule has 3 rings (SSSR count). The van der Waals surface area contributed by atoms with Crippen LogP contribution in [0.4, 0.5) is 5.82 Å². The van der Waals surface area contributed by atoms with Gasteiger partial charge in [-0.05, 0) is 26.8 Å². The lowest BCUT2D eigenvalue weighted by Crippen LogP contribution is -2.09. The fraction of sp³-hybridized carbons (Fsp3) is 0.308. The van der Waals surface area contributed by atoms with E-state index in [2.05, 4.69) is 20.4 Å². The molecule has 0 radical (unpaired) electrons. The Bertz CT molecular complexity index is 715. The van der Waals surface area contributed by atoms with E-state index in [1.54, 1.807) is 16.9 Å². The van der Waals surface area contributed by atoms with Crippen LogP contribution in [0.1, 0.15) is 30.3 Å². The first-order valence-electron chi connectivity index (χ1n) is 6.13. The molecule has 1 N–H and O–H groups in total. The zero-order valence-corrected chi connectivity index (χ0v) is 11.1. The molecule has 98 valence electrons. The number of hydrogen-bond donors (Lipinski definition) is 1. The highest BCUT2D eigenvalue weighted by Gasteiger charge is 2.14. The van der Waals surface area contributed by atoms with Gasteiger partial charge in [-0.2, -0.15) is 5.10 Å². The number of aryl methyl sites for hydroxylation is 2. The van der Waals surface area contributed by atoms with Gasteiger partial charge in [-0.1, -0.05) is 0 Å². The molecule has 0 aliphatic heterocycles. The second-order valence-corrected chi connectivity index (χ2v) is 4.57. The van der Waals surface area contributed by atoms with Crippen LogP contribution < -0.4 is 5.32 Å². The SMILES string of the molecule is Cc1cc2c(NC(C)c3ncc(C)o3)nccn2n1. The van der Waals surface area contributed by atoms with E-state index in [9.17, 15) is 0 Å². The van der Waals surface area contributed by atoms with Crippen LogP contribution >= 0.6 is 0 Å². The van der Waals surface area contributed by atoms with E-state index in [4.69, 9.17) is 4.42 Å². The first-order chi connectivity index (χ1) is 9.13. The third kappa shape index (κ3) is 2.16. The molecule has 0 aliphatic rings. The Labute approximate surface area is 110 Å². The molecular formula is C13H15N5O. The molecule has 3 heterocycles. The van der Waals surface area contributed by atoms with Gasteiger partial charge in [0.25, 0.3) is 0 Å². The van der Waals surface area contributed by atoms with Gasteiger partial charge in [0.2, 0.25) is 5.89 Å². The molecule has 3 aromatic rings.